The summed E-state index contributed by atoms with van der Waals surface area (Å²) in [7, 11) is 1.20. The van der Waals surface area contributed by atoms with Gasteiger partial charge in [0.2, 0.25) is 0 Å². The summed E-state index contributed by atoms with van der Waals surface area (Å²) in [6.07, 6.45) is -0.0895. The fourth-order valence-electron chi connectivity index (χ4n) is 1.25. The van der Waals surface area contributed by atoms with E-state index in [-0.39, 0.29) is 18.7 Å². The zero-order chi connectivity index (χ0) is 13.7. The van der Waals surface area contributed by atoms with Gasteiger partial charge in [-0.3, -0.25) is 9.59 Å². The number of carbonyl (C=O) groups excluding carboxylic acids is 2. The normalized spacial score (nSPS) is 9.94. The Morgan fingerprint density at radius 1 is 1.39 bits per heavy atom. The Morgan fingerprint density at radius 2 is 2.06 bits per heavy atom. The number of amides is 1. The second kappa shape index (κ2) is 5.95. The molecule has 1 amide bonds. The Hall–Kier alpha value is -2.18. The van der Waals surface area contributed by atoms with Crippen molar-refractivity contribution in [3.05, 3.63) is 29.3 Å². The average Bonchev–Trinajstić information content (AvgIpc) is 2.34. The van der Waals surface area contributed by atoms with Crippen molar-refractivity contribution in [2.75, 3.05) is 19.4 Å². The molecule has 0 spiro atoms. The van der Waals surface area contributed by atoms with Crippen molar-refractivity contribution in [2.45, 2.75) is 6.42 Å². The highest BCUT2D eigenvalue weighted by Gasteiger charge is 2.19. The van der Waals surface area contributed by atoms with Crippen LogP contribution >= 0.6 is 0 Å². The number of nitrogen functional groups attached to an aromatic ring is 1. The van der Waals surface area contributed by atoms with Crippen molar-refractivity contribution in [1.29, 1.82) is 0 Å². The van der Waals surface area contributed by atoms with Crippen LogP contribution in [0.25, 0.3) is 0 Å². The predicted octanol–water partition coefficient (Wildman–Crippen LogP) is 0.840. The first kappa shape index (κ1) is 13.9. The maximum absolute atomic E-state index is 13.4. The summed E-state index contributed by atoms with van der Waals surface area (Å²) in [6.45, 7) is -0.0841. The van der Waals surface area contributed by atoms with Crippen LogP contribution in [0.5, 0.6) is 0 Å². The van der Waals surface area contributed by atoms with Crippen molar-refractivity contribution in [3.63, 3.8) is 0 Å². The van der Waals surface area contributed by atoms with E-state index >= 15 is 0 Å². The molecule has 1 aromatic carbocycles. The molecule has 1 aromatic rings. The summed E-state index contributed by atoms with van der Waals surface area (Å²) in [5.41, 5.74) is 4.14. The molecular formula is C11H12F2N2O3. The van der Waals surface area contributed by atoms with Gasteiger partial charge in [-0.2, -0.15) is 0 Å². The molecule has 0 unspecified atom stereocenters. The first-order chi connectivity index (χ1) is 8.47. The van der Waals surface area contributed by atoms with Gasteiger partial charge in [-0.05, 0) is 12.1 Å². The Labute approximate surface area is 102 Å². The number of rotatable bonds is 4. The zero-order valence-electron chi connectivity index (χ0n) is 9.63. The van der Waals surface area contributed by atoms with Crippen LogP contribution in [-0.2, 0) is 9.53 Å². The van der Waals surface area contributed by atoms with Gasteiger partial charge >= 0.3 is 5.97 Å². The lowest BCUT2D eigenvalue weighted by Gasteiger charge is -2.07. The highest BCUT2D eigenvalue weighted by molar-refractivity contribution is 5.95. The number of nitrogens with two attached hydrogens (primary N) is 1. The number of hydrogen-bond donors (Lipinski definition) is 2. The summed E-state index contributed by atoms with van der Waals surface area (Å²) < 4.78 is 31.1. The molecule has 1 rings (SSSR count). The molecule has 0 bridgehead atoms. The van der Waals surface area contributed by atoms with Crippen molar-refractivity contribution in [3.8, 4) is 0 Å². The van der Waals surface area contributed by atoms with E-state index in [0.717, 1.165) is 12.1 Å². The van der Waals surface area contributed by atoms with Crippen LogP contribution in [0.15, 0.2) is 12.1 Å². The Balaban J connectivity index is 2.73. The molecule has 0 fully saturated rings. The lowest BCUT2D eigenvalue weighted by atomic mass is 10.1. The monoisotopic (exact) mass is 258 g/mol. The Bertz CT molecular complexity index is 478. The van der Waals surface area contributed by atoms with Crippen LogP contribution in [0.2, 0.25) is 0 Å². The van der Waals surface area contributed by atoms with E-state index in [0.29, 0.717) is 0 Å². The van der Waals surface area contributed by atoms with E-state index in [1.165, 1.54) is 7.11 Å². The lowest BCUT2D eigenvalue weighted by Crippen LogP contribution is -2.28. The summed E-state index contributed by atoms with van der Waals surface area (Å²) >= 11 is 0. The molecule has 0 radical (unpaired) electrons. The number of hydrogen-bond acceptors (Lipinski definition) is 4. The molecule has 0 heterocycles. The highest BCUT2D eigenvalue weighted by Crippen LogP contribution is 2.18. The standard InChI is InChI=1S/C11H12F2N2O3/c1-18-8(16)4-5-15-11(17)9-6(12)2-3-7(14)10(9)13/h2-3H,4-5,14H2,1H3,(H,15,17). The smallest absolute Gasteiger partial charge is 0.307 e. The van der Waals surface area contributed by atoms with Gasteiger partial charge < -0.3 is 15.8 Å². The number of benzene rings is 1. The van der Waals surface area contributed by atoms with Gasteiger partial charge in [-0.1, -0.05) is 0 Å². The minimum atomic E-state index is -1.12. The van der Waals surface area contributed by atoms with Gasteiger partial charge in [0, 0.05) is 6.54 Å². The second-order valence-electron chi connectivity index (χ2n) is 3.41. The number of esters is 1. The van der Waals surface area contributed by atoms with Crippen LogP contribution in [0.3, 0.4) is 0 Å². The topological polar surface area (TPSA) is 81.4 Å². The predicted molar refractivity (Wildman–Crippen MR) is 59.7 cm³/mol. The molecule has 0 saturated heterocycles. The van der Waals surface area contributed by atoms with E-state index in [1.54, 1.807) is 0 Å². The fraction of sp³-hybridized carbons (Fsp3) is 0.273. The molecule has 0 aliphatic rings. The van der Waals surface area contributed by atoms with Gasteiger partial charge in [-0.25, -0.2) is 8.78 Å². The molecule has 0 aliphatic heterocycles. The molecule has 0 atom stereocenters. The zero-order valence-corrected chi connectivity index (χ0v) is 9.63. The molecule has 3 N–H and O–H groups in total. The number of nitrogens with one attached hydrogen (secondary N) is 1. The van der Waals surface area contributed by atoms with E-state index in [1.807, 2.05) is 0 Å². The summed E-state index contributed by atoms with van der Waals surface area (Å²) in [6, 6.07) is 1.92. The van der Waals surface area contributed by atoms with Crippen molar-refractivity contribution >= 4 is 17.6 Å². The van der Waals surface area contributed by atoms with Crippen LogP contribution in [0.4, 0.5) is 14.5 Å². The van der Waals surface area contributed by atoms with Crippen LogP contribution in [0.1, 0.15) is 16.8 Å². The molecule has 7 heteroatoms. The van der Waals surface area contributed by atoms with Gasteiger partial charge in [-0.15, -0.1) is 0 Å². The third kappa shape index (κ3) is 3.16. The van der Waals surface area contributed by atoms with Gasteiger partial charge in [0.15, 0.2) is 5.82 Å². The first-order valence-electron chi connectivity index (χ1n) is 5.06. The van der Waals surface area contributed by atoms with Gasteiger partial charge in [0.05, 0.1) is 19.2 Å². The summed E-state index contributed by atoms with van der Waals surface area (Å²) in [5, 5.41) is 2.20. The van der Waals surface area contributed by atoms with Gasteiger partial charge in [0.25, 0.3) is 5.91 Å². The van der Waals surface area contributed by atoms with Crippen LogP contribution in [-0.4, -0.2) is 25.5 Å². The minimum Gasteiger partial charge on any atom is -0.469 e. The summed E-state index contributed by atoms with van der Waals surface area (Å²) in [5.74, 6) is -3.65. The Kier molecular flexibility index (Phi) is 4.59. The van der Waals surface area contributed by atoms with E-state index in [4.69, 9.17) is 5.73 Å². The third-order valence-electron chi connectivity index (χ3n) is 2.19. The third-order valence-corrected chi connectivity index (χ3v) is 2.19. The lowest BCUT2D eigenvalue weighted by molar-refractivity contribution is -0.140. The van der Waals surface area contributed by atoms with Crippen molar-refractivity contribution in [2.24, 2.45) is 0 Å². The van der Waals surface area contributed by atoms with E-state index < -0.39 is 29.1 Å². The molecule has 0 aromatic heterocycles. The average molecular weight is 258 g/mol. The second-order valence-corrected chi connectivity index (χ2v) is 3.41. The molecular weight excluding hydrogens is 246 g/mol. The first-order valence-corrected chi connectivity index (χ1v) is 5.06. The number of anilines is 1. The maximum Gasteiger partial charge on any atom is 0.307 e. The van der Waals surface area contributed by atoms with Gasteiger partial charge in [0.1, 0.15) is 11.4 Å². The van der Waals surface area contributed by atoms with Crippen LogP contribution < -0.4 is 11.1 Å². The quantitative estimate of drug-likeness (QED) is 0.619. The number of ether oxygens (including phenoxy) is 1. The fourth-order valence-corrected chi connectivity index (χ4v) is 1.25. The molecule has 98 valence electrons. The van der Waals surface area contributed by atoms with Crippen molar-refractivity contribution in [1.82, 2.24) is 5.32 Å². The Morgan fingerprint density at radius 3 is 2.67 bits per heavy atom. The van der Waals surface area contributed by atoms with Crippen molar-refractivity contribution < 1.29 is 23.1 Å². The largest absolute Gasteiger partial charge is 0.469 e. The summed E-state index contributed by atoms with van der Waals surface area (Å²) in [4.78, 5) is 22.3. The minimum absolute atomic E-state index is 0.0841. The van der Waals surface area contributed by atoms with E-state index in [9.17, 15) is 18.4 Å². The van der Waals surface area contributed by atoms with E-state index in [2.05, 4.69) is 10.1 Å². The molecule has 5 nitrogen and oxygen atoms in total. The molecule has 0 saturated carbocycles. The molecule has 0 aliphatic carbocycles. The number of halogens is 2. The number of methoxy groups -OCH3 is 1. The maximum atomic E-state index is 13.4. The highest BCUT2D eigenvalue weighted by atomic mass is 19.1. The SMILES string of the molecule is COC(=O)CCNC(=O)c1c(F)ccc(N)c1F. The van der Waals surface area contributed by atoms with Crippen LogP contribution in [0, 0.1) is 11.6 Å². The molecule has 18 heavy (non-hydrogen) atoms. The number of carbonyl (C=O) groups is 2.